The quantitative estimate of drug-likeness (QED) is 0.788. The Kier molecular flexibility index (Phi) is 4.34. The fourth-order valence-electron chi connectivity index (χ4n) is 1.83. The van der Waals surface area contributed by atoms with Gasteiger partial charge in [0.15, 0.2) is 5.03 Å². The summed E-state index contributed by atoms with van der Waals surface area (Å²) in [6, 6.07) is 5.13. The lowest BCUT2D eigenvalue weighted by atomic mass is 10.1. The molecule has 0 aliphatic rings. The van der Waals surface area contributed by atoms with E-state index in [1.165, 1.54) is 6.20 Å². The van der Waals surface area contributed by atoms with Crippen molar-refractivity contribution >= 4 is 15.7 Å². The lowest BCUT2D eigenvalue weighted by molar-refractivity contribution is 0.282. The molecule has 0 aliphatic heterocycles. The fourth-order valence-corrected chi connectivity index (χ4v) is 2.88. The van der Waals surface area contributed by atoms with E-state index in [-0.39, 0.29) is 17.6 Å². The molecule has 6 nitrogen and oxygen atoms in total. The van der Waals surface area contributed by atoms with Crippen LogP contribution in [0.2, 0.25) is 0 Å². The minimum Gasteiger partial charge on any atom is -0.392 e. The molecule has 0 aliphatic carbocycles. The first kappa shape index (κ1) is 15.5. The SMILES string of the molecule is Cc1ccc(CO)cc1NS(=O)(=O)c1cnc(C(C)C)[nH]1. The lowest BCUT2D eigenvalue weighted by Crippen LogP contribution is -2.14. The number of aromatic amines is 1. The number of sulfonamides is 1. The second-order valence-electron chi connectivity index (χ2n) is 5.20. The maximum Gasteiger partial charge on any atom is 0.278 e. The number of aromatic nitrogens is 2. The summed E-state index contributed by atoms with van der Waals surface area (Å²) in [5, 5.41) is 9.17. The molecule has 0 unspecified atom stereocenters. The van der Waals surface area contributed by atoms with Crippen molar-refractivity contribution in [1.82, 2.24) is 9.97 Å². The zero-order valence-electron chi connectivity index (χ0n) is 12.2. The van der Waals surface area contributed by atoms with E-state index in [4.69, 9.17) is 5.11 Å². The number of nitrogens with one attached hydrogen (secondary N) is 2. The third-order valence-corrected chi connectivity index (χ3v) is 4.41. The summed E-state index contributed by atoms with van der Waals surface area (Å²) in [4.78, 5) is 6.88. The fraction of sp³-hybridized carbons (Fsp3) is 0.357. The van der Waals surface area contributed by atoms with Gasteiger partial charge in [0.05, 0.1) is 18.5 Å². The molecule has 0 radical (unpaired) electrons. The van der Waals surface area contributed by atoms with E-state index >= 15 is 0 Å². The lowest BCUT2D eigenvalue weighted by Gasteiger charge is -2.10. The smallest absolute Gasteiger partial charge is 0.278 e. The Hall–Kier alpha value is -1.86. The first-order valence-corrected chi connectivity index (χ1v) is 8.10. The van der Waals surface area contributed by atoms with E-state index in [0.29, 0.717) is 17.1 Å². The van der Waals surface area contributed by atoms with Crippen molar-refractivity contribution in [3.63, 3.8) is 0 Å². The first-order chi connectivity index (χ1) is 9.83. The van der Waals surface area contributed by atoms with Gasteiger partial charge in [-0.2, -0.15) is 8.42 Å². The summed E-state index contributed by atoms with van der Waals surface area (Å²) in [6.45, 7) is 5.51. The molecule has 0 spiro atoms. The monoisotopic (exact) mass is 309 g/mol. The first-order valence-electron chi connectivity index (χ1n) is 6.61. The Morgan fingerprint density at radius 3 is 2.67 bits per heavy atom. The highest BCUT2D eigenvalue weighted by Crippen LogP contribution is 2.21. The van der Waals surface area contributed by atoms with Gasteiger partial charge in [-0.1, -0.05) is 26.0 Å². The van der Waals surface area contributed by atoms with Gasteiger partial charge in [-0.15, -0.1) is 0 Å². The van der Waals surface area contributed by atoms with Gasteiger partial charge in [-0.25, -0.2) is 4.98 Å². The van der Waals surface area contributed by atoms with Crippen LogP contribution in [0.3, 0.4) is 0 Å². The van der Waals surface area contributed by atoms with Gasteiger partial charge in [-0.3, -0.25) is 4.72 Å². The molecular weight excluding hydrogens is 290 g/mol. The Bertz CT molecular complexity index is 736. The van der Waals surface area contributed by atoms with Crippen LogP contribution in [-0.4, -0.2) is 23.5 Å². The van der Waals surface area contributed by atoms with Crippen molar-refractivity contribution in [1.29, 1.82) is 0 Å². The van der Waals surface area contributed by atoms with Crippen molar-refractivity contribution < 1.29 is 13.5 Å². The Morgan fingerprint density at radius 1 is 1.38 bits per heavy atom. The number of aryl methyl sites for hydroxylation is 1. The predicted molar refractivity (Wildman–Crippen MR) is 80.6 cm³/mol. The average Bonchev–Trinajstić information content (AvgIpc) is 2.92. The van der Waals surface area contributed by atoms with Gasteiger partial charge in [-0.05, 0) is 24.1 Å². The Balaban J connectivity index is 2.32. The highest BCUT2D eigenvalue weighted by molar-refractivity contribution is 7.92. The molecule has 0 saturated heterocycles. The highest BCUT2D eigenvalue weighted by atomic mass is 32.2. The van der Waals surface area contributed by atoms with Gasteiger partial charge in [0, 0.05) is 5.92 Å². The third kappa shape index (κ3) is 3.43. The summed E-state index contributed by atoms with van der Waals surface area (Å²) in [6.07, 6.45) is 1.31. The summed E-state index contributed by atoms with van der Waals surface area (Å²) < 4.78 is 27.2. The van der Waals surface area contributed by atoms with Gasteiger partial charge in [0.2, 0.25) is 0 Å². The van der Waals surface area contributed by atoms with Crippen LogP contribution in [0.4, 0.5) is 5.69 Å². The molecule has 0 saturated carbocycles. The van der Waals surface area contributed by atoms with Crippen LogP contribution >= 0.6 is 0 Å². The van der Waals surface area contributed by atoms with Crippen LogP contribution in [0.25, 0.3) is 0 Å². The number of anilines is 1. The topological polar surface area (TPSA) is 95.1 Å². The Labute approximate surface area is 124 Å². The number of H-pyrrole nitrogens is 1. The molecule has 2 rings (SSSR count). The van der Waals surface area contributed by atoms with E-state index in [1.54, 1.807) is 25.1 Å². The summed E-state index contributed by atoms with van der Waals surface area (Å²) in [5.41, 5.74) is 1.87. The van der Waals surface area contributed by atoms with Crippen LogP contribution in [0.15, 0.2) is 29.4 Å². The highest BCUT2D eigenvalue weighted by Gasteiger charge is 2.19. The van der Waals surface area contributed by atoms with Gasteiger partial charge in [0.1, 0.15) is 5.82 Å². The number of benzene rings is 1. The molecule has 7 heteroatoms. The number of hydrogen-bond donors (Lipinski definition) is 3. The maximum absolute atomic E-state index is 12.3. The van der Waals surface area contributed by atoms with Gasteiger partial charge < -0.3 is 10.1 Å². The number of nitrogens with zero attached hydrogens (tertiary/aromatic N) is 1. The molecular formula is C14H19N3O3S. The third-order valence-electron chi connectivity index (χ3n) is 3.14. The standard InChI is InChI=1S/C14H19N3O3S/c1-9(2)14-15-7-13(16-14)21(19,20)17-12-6-11(8-18)5-4-10(12)3/h4-7,9,17-18H,8H2,1-3H3,(H,15,16). The van der Waals surface area contributed by atoms with Crippen LogP contribution in [0.1, 0.15) is 36.7 Å². The van der Waals surface area contributed by atoms with Crippen molar-refractivity contribution in [3.8, 4) is 0 Å². The zero-order chi connectivity index (χ0) is 15.6. The Morgan fingerprint density at radius 2 is 2.10 bits per heavy atom. The van der Waals surface area contributed by atoms with Crippen LogP contribution < -0.4 is 4.72 Å². The molecule has 1 aromatic carbocycles. The summed E-state index contributed by atoms with van der Waals surface area (Å²) >= 11 is 0. The average molecular weight is 309 g/mol. The van der Waals surface area contributed by atoms with E-state index in [1.807, 2.05) is 13.8 Å². The van der Waals surface area contributed by atoms with Crippen molar-refractivity contribution in [3.05, 3.63) is 41.3 Å². The van der Waals surface area contributed by atoms with Gasteiger partial charge >= 0.3 is 0 Å². The minimum atomic E-state index is -3.72. The summed E-state index contributed by atoms with van der Waals surface area (Å²) in [5.74, 6) is 0.740. The van der Waals surface area contributed by atoms with Crippen LogP contribution in [0.5, 0.6) is 0 Å². The molecule has 2 aromatic rings. The van der Waals surface area contributed by atoms with Crippen molar-refractivity contribution in [2.45, 2.75) is 38.3 Å². The largest absolute Gasteiger partial charge is 0.392 e. The van der Waals surface area contributed by atoms with Crippen molar-refractivity contribution in [2.75, 3.05) is 4.72 Å². The molecule has 3 N–H and O–H groups in total. The predicted octanol–water partition coefficient (Wildman–Crippen LogP) is 2.13. The molecule has 0 amide bonds. The number of aliphatic hydroxyl groups excluding tert-OH is 1. The molecule has 0 bridgehead atoms. The molecule has 114 valence electrons. The molecule has 1 heterocycles. The van der Waals surface area contributed by atoms with Crippen molar-refractivity contribution in [2.24, 2.45) is 0 Å². The zero-order valence-corrected chi connectivity index (χ0v) is 13.0. The van der Waals surface area contributed by atoms with Gasteiger partial charge in [0.25, 0.3) is 10.0 Å². The molecule has 0 atom stereocenters. The molecule has 21 heavy (non-hydrogen) atoms. The number of hydrogen-bond acceptors (Lipinski definition) is 4. The maximum atomic E-state index is 12.3. The van der Waals surface area contributed by atoms with E-state index in [2.05, 4.69) is 14.7 Å². The van der Waals surface area contributed by atoms with E-state index < -0.39 is 10.0 Å². The second kappa shape index (κ2) is 5.87. The summed E-state index contributed by atoms with van der Waals surface area (Å²) in [7, 11) is -3.72. The minimum absolute atomic E-state index is 0.0278. The molecule has 0 fully saturated rings. The number of rotatable bonds is 5. The molecule has 1 aromatic heterocycles. The normalized spacial score (nSPS) is 11.9. The number of imidazole rings is 1. The second-order valence-corrected chi connectivity index (χ2v) is 6.85. The van der Waals surface area contributed by atoms with E-state index in [0.717, 1.165) is 5.56 Å². The van der Waals surface area contributed by atoms with E-state index in [9.17, 15) is 8.42 Å². The van der Waals surface area contributed by atoms with Crippen LogP contribution in [0, 0.1) is 6.92 Å². The number of aliphatic hydroxyl groups is 1. The van der Waals surface area contributed by atoms with Crippen LogP contribution in [-0.2, 0) is 16.6 Å².